The van der Waals surface area contributed by atoms with Crippen LogP contribution in [-0.2, 0) is 14.4 Å². The monoisotopic (exact) mass is 874 g/mol. The first-order valence-corrected chi connectivity index (χ1v) is 21.3. The van der Waals surface area contributed by atoms with Crippen molar-refractivity contribution in [1.82, 2.24) is 30.0 Å². The molecule has 334 valence electrons. The number of rotatable bonds is 13. The van der Waals surface area contributed by atoms with E-state index in [9.17, 15) is 28.8 Å². The summed E-state index contributed by atoms with van der Waals surface area (Å²) in [6, 6.07) is 6.10. The molecule has 2 aromatic carbocycles. The van der Waals surface area contributed by atoms with Crippen molar-refractivity contribution in [2.75, 3.05) is 80.4 Å². The fourth-order valence-corrected chi connectivity index (χ4v) is 9.00. The molecule has 1 atom stereocenters. The third kappa shape index (κ3) is 8.72. The molecule has 63 heavy (non-hydrogen) atoms. The summed E-state index contributed by atoms with van der Waals surface area (Å²) in [5.41, 5.74) is 1.22. The Morgan fingerprint density at radius 3 is 2.43 bits per heavy atom. The van der Waals surface area contributed by atoms with Crippen LogP contribution in [0.1, 0.15) is 88.9 Å². The number of nitrogens with one attached hydrogen (secondary N) is 3. The summed E-state index contributed by atoms with van der Waals surface area (Å²) < 4.78 is 51.3. The number of anilines is 5. The molecule has 17 nitrogen and oxygen atoms in total. The number of hydrogen-bond donors (Lipinski definition) is 3. The molecule has 0 bridgehead atoms. The van der Waals surface area contributed by atoms with Gasteiger partial charge in [0.1, 0.15) is 23.3 Å². The molecule has 0 spiro atoms. The highest BCUT2D eigenvalue weighted by atomic mass is 19.3. The summed E-state index contributed by atoms with van der Waals surface area (Å²) in [6.45, 7) is 2.65. The molecule has 8 rings (SSSR count). The van der Waals surface area contributed by atoms with Gasteiger partial charge in [0, 0.05) is 64.0 Å². The van der Waals surface area contributed by atoms with E-state index in [4.69, 9.17) is 4.74 Å². The van der Waals surface area contributed by atoms with Crippen molar-refractivity contribution in [3.05, 3.63) is 59.0 Å². The summed E-state index contributed by atoms with van der Waals surface area (Å²) >= 11 is 0. The molecule has 3 fully saturated rings. The van der Waals surface area contributed by atoms with Crippen molar-refractivity contribution in [3.8, 4) is 5.75 Å². The van der Waals surface area contributed by atoms with Crippen molar-refractivity contribution in [2.24, 2.45) is 0 Å². The van der Waals surface area contributed by atoms with Gasteiger partial charge in [-0.3, -0.25) is 43.9 Å². The Morgan fingerprint density at radius 1 is 0.952 bits per heavy atom. The predicted octanol–water partition coefficient (Wildman–Crippen LogP) is 4.17. The van der Waals surface area contributed by atoms with Crippen molar-refractivity contribution in [2.45, 2.75) is 75.8 Å². The van der Waals surface area contributed by atoms with Crippen LogP contribution in [0.5, 0.6) is 5.75 Å². The van der Waals surface area contributed by atoms with Gasteiger partial charge < -0.3 is 30.1 Å². The molecule has 6 amide bonds. The topological polar surface area (TPSA) is 190 Å². The molecule has 0 radical (unpaired) electrons. The number of aromatic nitrogens is 2. The zero-order valence-electron chi connectivity index (χ0n) is 35.1. The molecule has 1 aromatic heterocycles. The Hall–Kier alpha value is -6.31. The number of halogens is 3. The molecule has 1 aliphatic carbocycles. The molecule has 1 saturated carbocycles. The van der Waals surface area contributed by atoms with Crippen LogP contribution in [0.3, 0.4) is 0 Å². The molecule has 2 saturated heterocycles. The van der Waals surface area contributed by atoms with Crippen LogP contribution in [0.2, 0.25) is 0 Å². The molecule has 3 aromatic rings. The number of unbranched alkanes of at least 4 members (excludes halogenated alkanes) is 2. The normalized spacial score (nSPS) is 20.5. The largest absolute Gasteiger partial charge is 0.495 e. The number of carbonyl (C=O) groups excluding carboxylic acids is 6. The van der Waals surface area contributed by atoms with Gasteiger partial charge in [-0.05, 0) is 62.9 Å². The number of alkyl halides is 2. The zero-order chi connectivity index (χ0) is 44.6. The van der Waals surface area contributed by atoms with E-state index in [0.29, 0.717) is 51.3 Å². The van der Waals surface area contributed by atoms with Crippen molar-refractivity contribution < 1.29 is 46.7 Å². The number of fused-ring (bicyclic) bond motifs is 2. The number of benzene rings is 2. The fraction of sp³-hybridized carbons (Fsp3) is 0.488. The first kappa shape index (κ1) is 43.3. The SMILES string of the molecule is COc1cc(C(=O)N2CCN(CCCCCNc3ccc4c(c3)C(=O)N(C3CCC(=O)NC3=O)C4=O)CC2)c(F)cc1Nc1ncc2c(n1)N(C1CCCC1)CC(F)(F)C(=O)N2C. The first-order chi connectivity index (χ1) is 30.2. The van der Waals surface area contributed by atoms with Gasteiger partial charge in [-0.15, -0.1) is 0 Å². The standard InChI is InChI=1S/C43H49F3N10O7/c1-52-33-23-48-42(51-36(33)55(26-8-4-5-9-26)24-43(45,46)41(52)62)49-31-22-30(44)29(21-34(31)63-2)38(59)54-18-16-53(17-19-54)15-7-3-6-14-47-25-10-11-27-28(20-25)40(61)56(39(27)60)32-12-13-35(57)50-37(32)58/h10-11,20-23,26,32,47H,3-9,12-19,24H2,1-2H3,(H,48,49,51)(H,50,57,58). The number of hydrogen-bond acceptors (Lipinski definition) is 13. The van der Waals surface area contributed by atoms with Gasteiger partial charge >= 0.3 is 5.92 Å². The van der Waals surface area contributed by atoms with Crippen LogP contribution < -0.4 is 30.5 Å². The maximum Gasteiger partial charge on any atom is 0.342 e. The molecular weight excluding hydrogens is 826 g/mol. The molecule has 1 unspecified atom stereocenters. The lowest BCUT2D eigenvalue weighted by molar-refractivity contribution is -0.140. The lowest BCUT2D eigenvalue weighted by atomic mass is 10.0. The Labute approximate surface area is 361 Å². The highest BCUT2D eigenvalue weighted by Crippen LogP contribution is 2.40. The highest BCUT2D eigenvalue weighted by Gasteiger charge is 2.49. The van der Waals surface area contributed by atoms with E-state index in [1.807, 2.05) is 0 Å². The van der Waals surface area contributed by atoms with Crippen LogP contribution in [0.15, 0.2) is 36.5 Å². The first-order valence-electron chi connectivity index (χ1n) is 21.3. The van der Waals surface area contributed by atoms with E-state index < -0.39 is 59.8 Å². The summed E-state index contributed by atoms with van der Waals surface area (Å²) in [5.74, 6) is -8.14. The van der Waals surface area contributed by atoms with Crippen LogP contribution in [0, 0.1) is 5.82 Å². The predicted molar refractivity (Wildman–Crippen MR) is 224 cm³/mol. The van der Waals surface area contributed by atoms with E-state index in [-0.39, 0.29) is 64.5 Å². The van der Waals surface area contributed by atoms with Crippen LogP contribution in [-0.4, -0.2) is 138 Å². The number of amides is 6. The lowest BCUT2D eigenvalue weighted by Gasteiger charge is -2.35. The minimum Gasteiger partial charge on any atom is -0.495 e. The van der Waals surface area contributed by atoms with E-state index in [2.05, 4.69) is 30.8 Å². The van der Waals surface area contributed by atoms with Crippen LogP contribution in [0.25, 0.3) is 0 Å². The van der Waals surface area contributed by atoms with E-state index >= 15 is 13.2 Å². The van der Waals surface area contributed by atoms with Crippen molar-refractivity contribution >= 4 is 64.3 Å². The Morgan fingerprint density at radius 2 is 1.70 bits per heavy atom. The number of ether oxygens (including phenoxy) is 1. The van der Waals surface area contributed by atoms with Crippen LogP contribution in [0.4, 0.5) is 42.0 Å². The number of carbonyl (C=O) groups is 6. The molecule has 5 aliphatic rings. The van der Waals surface area contributed by atoms with E-state index in [1.165, 1.54) is 31.3 Å². The summed E-state index contributed by atoms with van der Waals surface area (Å²) in [5, 5.41) is 8.42. The number of imide groups is 2. The third-order valence-corrected chi connectivity index (χ3v) is 12.5. The lowest BCUT2D eigenvalue weighted by Crippen LogP contribution is -2.54. The summed E-state index contributed by atoms with van der Waals surface area (Å²) in [7, 11) is 2.64. The maximum atomic E-state index is 15.7. The van der Waals surface area contributed by atoms with Gasteiger partial charge in [0.2, 0.25) is 17.8 Å². The molecule has 5 heterocycles. The number of piperidine rings is 1. The molecule has 20 heteroatoms. The van der Waals surface area contributed by atoms with Crippen molar-refractivity contribution in [3.63, 3.8) is 0 Å². The Balaban J connectivity index is 0.809. The van der Waals surface area contributed by atoms with Gasteiger partial charge in [0.25, 0.3) is 23.6 Å². The van der Waals surface area contributed by atoms with Gasteiger partial charge in [-0.25, -0.2) is 9.37 Å². The van der Waals surface area contributed by atoms with E-state index in [1.54, 1.807) is 23.1 Å². The average molecular weight is 875 g/mol. The van der Waals surface area contributed by atoms with Crippen molar-refractivity contribution in [1.29, 1.82) is 0 Å². The number of methoxy groups -OCH3 is 1. The second-order valence-corrected chi connectivity index (χ2v) is 16.5. The smallest absolute Gasteiger partial charge is 0.342 e. The van der Waals surface area contributed by atoms with Gasteiger partial charge in [-0.2, -0.15) is 13.8 Å². The fourth-order valence-electron chi connectivity index (χ4n) is 9.00. The summed E-state index contributed by atoms with van der Waals surface area (Å²) in [6.07, 6.45) is 7.19. The molecule has 3 N–H and O–H groups in total. The molecule has 4 aliphatic heterocycles. The third-order valence-electron chi connectivity index (χ3n) is 12.5. The summed E-state index contributed by atoms with van der Waals surface area (Å²) in [4.78, 5) is 92.2. The number of nitrogens with zero attached hydrogens (tertiary/aromatic N) is 7. The quantitative estimate of drug-likeness (QED) is 0.164. The second-order valence-electron chi connectivity index (χ2n) is 16.5. The minimum absolute atomic E-state index is 0.0240. The molecular formula is C43H49F3N10O7. The zero-order valence-corrected chi connectivity index (χ0v) is 35.1. The average Bonchev–Trinajstić information content (AvgIpc) is 3.88. The Kier molecular flexibility index (Phi) is 12.3. The van der Waals surface area contributed by atoms with Gasteiger partial charge in [-0.1, -0.05) is 19.3 Å². The Bertz CT molecular complexity index is 2340. The maximum absolute atomic E-state index is 15.7. The van der Waals surface area contributed by atoms with Gasteiger partial charge in [0.05, 0.1) is 42.2 Å². The van der Waals surface area contributed by atoms with Crippen LogP contribution >= 0.6 is 0 Å². The minimum atomic E-state index is -3.63. The highest BCUT2D eigenvalue weighted by molar-refractivity contribution is 6.23. The van der Waals surface area contributed by atoms with E-state index in [0.717, 1.165) is 54.5 Å². The van der Waals surface area contributed by atoms with Gasteiger partial charge in [0.15, 0.2) is 5.82 Å². The number of piperazine rings is 1. The second kappa shape index (κ2) is 17.8.